The molecule has 6 heteroatoms. The predicted octanol–water partition coefficient (Wildman–Crippen LogP) is 2.96. The summed E-state index contributed by atoms with van der Waals surface area (Å²) in [6.07, 6.45) is 3.54. The molecule has 0 unspecified atom stereocenters. The van der Waals surface area contributed by atoms with Crippen LogP contribution in [0.4, 0.5) is 0 Å². The summed E-state index contributed by atoms with van der Waals surface area (Å²) in [4.78, 5) is 4.35. The molecular weight excluding hydrogens is 322 g/mol. The minimum atomic E-state index is -3.39. The van der Waals surface area contributed by atoms with Crippen molar-refractivity contribution in [3.8, 4) is 0 Å². The Bertz CT molecular complexity index is 727. The molecule has 0 aliphatic heterocycles. The van der Waals surface area contributed by atoms with Crippen LogP contribution in [-0.2, 0) is 16.6 Å². The van der Waals surface area contributed by atoms with Gasteiger partial charge in [0.15, 0.2) is 0 Å². The lowest BCUT2D eigenvalue weighted by Gasteiger charge is -2.19. The number of nitrogens with one attached hydrogen (secondary N) is 1. The first-order valence-corrected chi connectivity index (χ1v) is 9.65. The second-order valence-corrected chi connectivity index (χ2v) is 7.55. The van der Waals surface area contributed by atoms with Gasteiger partial charge in [-0.05, 0) is 42.3 Å². The van der Waals surface area contributed by atoms with Crippen LogP contribution in [0.5, 0.6) is 0 Å². The standard InChI is InChI=1S/C18H25N3O2S/c1-4-21(5-2)24(22,23)18-8-6-17(7-9-18)15(3)20-14-16-10-12-19-13-11-16/h6-13,15,20H,4-5,14H2,1-3H3/t15-/m0/s1. The van der Waals surface area contributed by atoms with Gasteiger partial charge in [0, 0.05) is 38.1 Å². The summed E-state index contributed by atoms with van der Waals surface area (Å²) < 4.78 is 26.4. The van der Waals surface area contributed by atoms with Crippen molar-refractivity contribution in [3.05, 3.63) is 59.9 Å². The van der Waals surface area contributed by atoms with Crippen LogP contribution < -0.4 is 5.32 Å². The summed E-state index contributed by atoms with van der Waals surface area (Å²) in [5.41, 5.74) is 2.22. The van der Waals surface area contributed by atoms with Gasteiger partial charge < -0.3 is 5.32 Å². The van der Waals surface area contributed by atoms with Gasteiger partial charge in [-0.3, -0.25) is 4.98 Å². The maximum absolute atomic E-state index is 12.5. The van der Waals surface area contributed by atoms with Crippen LogP contribution in [0, 0.1) is 0 Å². The fourth-order valence-corrected chi connectivity index (χ4v) is 3.99. The molecule has 0 saturated carbocycles. The van der Waals surface area contributed by atoms with Gasteiger partial charge in [-0.1, -0.05) is 26.0 Å². The summed E-state index contributed by atoms with van der Waals surface area (Å²) in [5.74, 6) is 0. The zero-order chi connectivity index (χ0) is 17.6. The molecule has 24 heavy (non-hydrogen) atoms. The third kappa shape index (κ3) is 4.41. The fraction of sp³-hybridized carbons (Fsp3) is 0.389. The number of aromatic nitrogens is 1. The molecule has 0 aliphatic carbocycles. The van der Waals surface area contributed by atoms with E-state index in [1.54, 1.807) is 24.5 Å². The Hall–Kier alpha value is -1.76. The van der Waals surface area contributed by atoms with Crippen LogP contribution in [-0.4, -0.2) is 30.8 Å². The third-order valence-corrected chi connectivity index (χ3v) is 6.15. The number of nitrogens with zero attached hydrogens (tertiary/aromatic N) is 2. The quantitative estimate of drug-likeness (QED) is 0.797. The lowest BCUT2D eigenvalue weighted by molar-refractivity contribution is 0.445. The second-order valence-electron chi connectivity index (χ2n) is 5.62. The molecule has 2 rings (SSSR count). The topological polar surface area (TPSA) is 62.3 Å². The highest BCUT2D eigenvalue weighted by molar-refractivity contribution is 7.89. The average molecular weight is 347 g/mol. The van der Waals surface area contributed by atoms with Gasteiger partial charge >= 0.3 is 0 Å². The van der Waals surface area contributed by atoms with Crippen molar-refractivity contribution >= 4 is 10.0 Å². The van der Waals surface area contributed by atoms with Gasteiger partial charge in [-0.25, -0.2) is 8.42 Å². The van der Waals surface area contributed by atoms with E-state index in [1.165, 1.54) is 4.31 Å². The molecule has 0 spiro atoms. The van der Waals surface area contributed by atoms with Gasteiger partial charge in [0.1, 0.15) is 0 Å². The number of benzene rings is 1. The molecule has 0 amide bonds. The molecule has 1 aromatic carbocycles. The molecule has 1 atom stereocenters. The van der Waals surface area contributed by atoms with Gasteiger partial charge in [-0.15, -0.1) is 0 Å². The van der Waals surface area contributed by atoms with Gasteiger partial charge in [-0.2, -0.15) is 4.31 Å². The maximum atomic E-state index is 12.5. The third-order valence-electron chi connectivity index (χ3n) is 4.09. The molecule has 2 aromatic rings. The second kappa shape index (κ2) is 8.37. The zero-order valence-electron chi connectivity index (χ0n) is 14.4. The maximum Gasteiger partial charge on any atom is 0.243 e. The lowest BCUT2D eigenvalue weighted by Crippen LogP contribution is -2.30. The van der Waals surface area contributed by atoms with Gasteiger partial charge in [0.05, 0.1) is 4.90 Å². The minimum Gasteiger partial charge on any atom is -0.306 e. The zero-order valence-corrected chi connectivity index (χ0v) is 15.3. The summed E-state index contributed by atoms with van der Waals surface area (Å²) in [6.45, 7) is 7.45. The first-order chi connectivity index (χ1) is 11.5. The van der Waals surface area contributed by atoms with Crippen LogP contribution in [0.25, 0.3) is 0 Å². The largest absolute Gasteiger partial charge is 0.306 e. The SMILES string of the molecule is CCN(CC)S(=O)(=O)c1ccc([C@H](C)NCc2ccncc2)cc1. The van der Waals surface area contributed by atoms with Crippen LogP contribution in [0.1, 0.15) is 37.9 Å². The molecule has 0 fully saturated rings. The fourth-order valence-electron chi connectivity index (χ4n) is 2.53. The van der Waals surface area contributed by atoms with Crippen LogP contribution in [0.15, 0.2) is 53.7 Å². The minimum absolute atomic E-state index is 0.128. The monoisotopic (exact) mass is 347 g/mol. The van der Waals surface area contributed by atoms with E-state index >= 15 is 0 Å². The van der Waals surface area contributed by atoms with E-state index in [9.17, 15) is 8.42 Å². The smallest absolute Gasteiger partial charge is 0.243 e. The molecule has 1 N–H and O–H groups in total. The normalized spacial score (nSPS) is 13.2. The van der Waals surface area contributed by atoms with Crippen molar-refractivity contribution in [1.82, 2.24) is 14.6 Å². The lowest BCUT2D eigenvalue weighted by atomic mass is 10.1. The highest BCUT2D eigenvalue weighted by Crippen LogP contribution is 2.19. The van der Waals surface area contributed by atoms with Crippen LogP contribution >= 0.6 is 0 Å². The number of rotatable bonds is 8. The summed E-state index contributed by atoms with van der Waals surface area (Å²) >= 11 is 0. The molecule has 5 nitrogen and oxygen atoms in total. The summed E-state index contributed by atoms with van der Waals surface area (Å²) in [5, 5.41) is 3.43. The Labute approximate surface area is 144 Å². The van der Waals surface area contributed by atoms with Crippen molar-refractivity contribution in [1.29, 1.82) is 0 Å². The average Bonchev–Trinajstić information content (AvgIpc) is 2.61. The summed E-state index contributed by atoms with van der Waals surface area (Å²) in [6, 6.07) is 11.2. The number of sulfonamides is 1. The highest BCUT2D eigenvalue weighted by atomic mass is 32.2. The van der Waals surface area contributed by atoms with Gasteiger partial charge in [0.2, 0.25) is 10.0 Å². The van der Waals surface area contributed by atoms with E-state index in [2.05, 4.69) is 17.2 Å². The van der Waals surface area contributed by atoms with Crippen LogP contribution in [0.2, 0.25) is 0 Å². The van der Waals surface area contributed by atoms with Gasteiger partial charge in [0.25, 0.3) is 0 Å². The Balaban J connectivity index is 2.06. The van der Waals surface area contributed by atoms with E-state index < -0.39 is 10.0 Å². The Morgan fingerprint density at radius 2 is 1.62 bits per heavy atom. The first-order valence-electron chi connectivity index (χ1n) is 8.21. The van der Waals surface area contributed by atoms with Crippen molar-refractivity contribution in [2.75, 3.05) is 13.1 Å². The van der Waals surface area contributed by atoms with E-state index in [-0.39, 0.29) is 6.04 Å². The molecule has 0 saturated heterocycles. The Morgan fingerprint density at radius 3 is 2.17 bits per heavy atom. The van der Waals surface area contributed by atoms with Crippen LogP contribution in [0.3, 0.4) is 0 Å². The van der Waals surface area contributed by atoms with Crippen molar-refractivity contribution in [3.63, 3.8) is 0 Å². The molecule has 0 radical (unpaired) electrons. The molecule has 1 heterocycles. The number of hydrogen-bond acceptors (Lipinski definition) is 4. The number of pyridine rings is 1. The Morgan fingerprint density at radius 1 is 1.04 bits per heavy atom. The Kier molecular flexibility index (Phi) is 6.48. The summed E-state index contributed by atoms with van der Waals surface area (Å²) in [7, 11) is -3.39. The number of hydrogen-bond donors (Lipinski definition) is 1. The molecular formula is C18H25N3O2S. The molecule has 130 valence electrons. The highest BCUT2D eigenvalue weighted by Gasteiger charge is 2.21. The van der Waals surface area contributed by atoms with Crippen molar-refractivity contribution < 1.29 is 8.42 Å². The van der Waals surface area contributed by atoms with E-state index in [0.29, 0.717) is 18.0 Å². The first kappa shape index (κ1) is 18.6. The van der Waals surface area contributed by atoms with Crippen molar-refractivity contribution in [2.24, 2.45) is 0 Å². The molecule has 0 bridgehead atoms. The van der Waals surface area contributed by atoms with E-state index in [4.69, 9.17) is 0 Å². The van der Waals surface area contributed by atoms with Crippen molar-refractivity contribution in [2.45, 2.75) is 38.3 Å². The molecule has 0 aliphatic rings. The van der Waals surface area contributed by atoms with E-state index in [1.807, 2.05) is 38.1 Å². The van der Waals surface area contributed by atoms with E-state index in [0.717, 1.165) is 17.7 Å². The molecule has 1 aromatic heterocycles. The predicted molar refractivity (Wildman–Crippen MR) is 96.0 cm³/mol.